The number of benzene rings is 1. The van der Waals surface area contributed by atoms with Crippen molar-refractivity contribution in [2.24, 2.45) is 0 Å². The van der Waals surface area contributed by atoms with Crippen molar-refractivity contribution in [3.05, 3.63) is 51.3 Å². The van der Waals surface area contributed by atoms with Crippen LogP contribution in [0.2, 0.25) is 5.02 Å². The van der Waals surface area contributed by atoms with Crippen LogP contribution in [0.1, 0.15) is 23.2 Å². The number of likely N-dealkylation sites (N-methyl/N-ethyl adjacent to an activating group) is 1. The molecule has 1 aromatic heterocycles. The number of carbonyl (C=O) groups excluding carboxylic acids is 1. The highest BCUT2D eigenvalue weighted by atomic mass is 35.5. The van der Waals surface area contributed by atoms with Crippen LogP contribution in [0.4, 0.5) is 17.3 Å². The zero-order chi connectivity index (χ0) is 22.8. The summed E-state index contributed by atoms with van der Waals surface area (Å²) in [5, 5.41) is 15.3. The molecule has 10 nitrogen and oxygen atoms in total. The summed E-state index contributed by atoms with van der Waals surface area (Å²) < 4.78 is 0. The molecule has 2 aliphatic rings. The lowest BCUT2D eigenvalue weighted by atomic mass is 10.1. The number of hydrogen-bond acceptors (Lipinski definition) is 8. The van der Waals surface area contributed by atoms with Crippen LogP contribution in [0.5, 0.6) is 0 Å². The Balaban J connectivity index is 1.48. The van der Waals surface area contributed by atoms with Crippen LogP contribution in [-0.4, -0.2) is 83.0 Å². The number of hydrogen-bond donors (Lipinski definition) is 1. The van der Waals surface area contributed by atoms with Crippen LogP contribution < -0.4 is 10.2 Å². The second-order valence-corrected chi connectivity index (χ2v) is 8.86. The number of nitro groups is 1. The summed E-state index contributed by atoms with van der Waals surface area (Å²) in [7, 11) is 4.02. The Kier molecular flexibility index (Phi) is 6.43. The summed E-state index contributed by atoms with van der Waals surface area (Å²) in [6, 6.07) is 5.01. The predicted molar refractivity (Wildman–Crippen MR) is 122 cm³/mol. The lowest BCUT2D eigenvalue weighted by Crippen LogP contribution is -2.33. The van der Waals surface area contributed by atoms with Crippen molar-refractivity contribution in [1.82, 2.24) is 19.8 Å². The number of halogens is 1. The molecule has 0 spiro atoms. The molecule has 2 atom stereocenters. The Hall–Kier alpha value is -2.98. The molecule has 4 rings (SSSR count). The normalized spacial score (nSPS) is 20.8. The smallest absolute Gasteiger partial charge is 0.292 e. The van der Waals surface area contributed by atoms with E-state index in [4.69, 9.17) is 11.6 Å². The van der Waals surface area contributed by atoms with Gasteiger partial charge in [0, 0.05) is 49.9 Å². The van der Waals surface area contributed by atoms with E-state index in [1.54, 1.807) is 17.0 Å². The maximum absolute atomic E-state index is 13.2. The van der Waals surface area contributed by atoms with Gasteiger partial charge in [-0.1, -0.05) is 11.6 Å². The van der Waals surface area contributed by atoms with Gasteiger partial charge in [-0.15, -0.1) is 0 Å². The van der Waals surface area contributed by atoms with E-state index >= 15 is 0 Å². The Morgan fingerprint density at radius 2 is 1.97 bits per heavy atom. The lowest BCUT2D eigenvalue weighted by molar-refractivity contribution is -0.384. The lowest BCUT2D eigenvalue weighted by Gasteiger charge is -2.23. The van der Waals surface area contributed by atoms with Crippen molar-refractivity contribution in [2.75, 3.05) is 50.5 Å². The van der Waals surface area contributed by atoms with Crippen molar-refractivity contribution in [1.29, 1.82) is 0 Å². The van der Waals surface area contributed by atoms with Crippen LogP contribution in [0.3, 0.4) is 0 Å². The van der Waals surface area contributed by atoms with E-state index in [-0.39, 0.29) is 22.6 Å². The molecule has 2 fully saturated rings. The molecule has 1 amide bonds. The van der Waals surface area contributed by atoms with Crippen molar-refractivity contribution < 1.29 is 9.72 Å². The van der Waals surface area contributed by atoms with Gasteiger partial charge in [0.25, 0.3) is 11.6 Å². The van der Waals surface area contributed by atoms with Crippen molar-refractivity contribution in [3.63, 3.8) is 0 Å². The van der Waals surface area contributed by atoms with E-state index in [1.807, 2.05) is 19.0 Å². The van der Waals surface area contributed by atoms with E-state index < -0.39 is 0 Å². The second-order valence-electron chi connectivity index (χ2n) is 8.42. The Labute approximate surface area is 191 Å². The molecular weight excluding hydrogens is 434 g/mol. The fraction of sp³-hybridized carbons (Fsp3) is 0.476. The molecule has 0 bridgehead atoms. The van der Waals surface area contributed by atoms with Gasteiger partial charge in [-0.05, 0) is 39.1 Å². The number of nitro benzene ring substituents is 1. The largest absolute Gasteiger partial charge is 0.364 e. The molecule has 2 aliphatic heterocycles. The Morgan fingerprint density at radius 3 is 2.62 bits per heavy atom. The molecule has 1 N–H and O–H groups in total. The number of anilines is 2. The average Bonchev–Trinajstić information content (AvgIpc) is 3.44. The van der Waals surface area contributed by atoms with Gasteiger partial charge in [0.05, 0.1) is 22.3 Å². The number of rotatable bonds is 6. The SMILES string of the molecule is CN(C)[C@H]1CCN(c2cc(C(=O)N3CC[C@@H](Nc4ncc(Cl)cn4)C3)ccc2[N+](=O)[O-])C1. The molecule has 11 heteroatoms. The molecular formula is C21H26ClN7O3. The highest BCUT2D eigenvalue weighted by Gasteiger charge is 2.32. The molecule has 2 aromatic rings. The third-order valence-electron chi connectivity index (χ3n) is 6.08. The van der Waals surface area contributed by atoms with Crippen LogP contribution in [0.25, 0.3) is 0 Å². The van der Waals surface area contributed by atoms with Gasteiger partial charge >= 0.3 is 0 Å². The van der Waals surface area contributed by atoms with E-state index in [0.29, 0.717) is 47.9 Å². The maximum atomic E-state index is 13.2. The summed E-state index contributed by atoms with van der Waals surface area (Å²) in [6.07, 6.45) is 4.72. The van der Waals surface area contributed by atoms with Crippen molar-refractivity contribution in [3.8, 4) is 0 Å². The number of nitrogens with zero attached hydrogens (tertiary/aromatic N) is 6. The highest BCUT2D eigenvalue weighted by molar-refractivity contribution is 6.30. The van der Waals surface area contributed by atoms with Gasteiger partial charge < -0.3 is 20.0 Å². The summed E-state index contributed by atoms with van der Waals surface area (Å²) in [4.78, 5) is 38.6. The monoisotopic (exact) mass is 459 g/mol. The molecule has 0 aliphatic carbocycles. The first-order valence-electron chi connectivity index (χ1n) is 10.5. The predicted octanol–water partition coefficient (Wildman–Crippen LogP) is 2.51. The average molecular weight is 460 g/mol. The molecule has 2 saturated heterocycles. The number of aromatic nitrogens is 2. The van der Waals surface area contributed by atoms with E-state index in [9.17, 15) is 14.9 Å². The molecule has 3 heterocycles. The van der Waals surface area contributed by atoms with Gasteiger partial charge in [-0.3, -0.25) is 14.9 Å². The number of amides is 1. The molecule has 1 aromatic carbocycles. The zero-order valence-electron chi connectivity index (χ0n) is 18.1. The highest BCUT2D eigenvalue weighted by Crippen LogP contribution is 2.33. The summed E-state index contributed by atoms with van der Waals surface area (Å²) >= 11 is 5.82. The maximum Gasteiger partial charge on any atom is 0.292 e. The van der Waals surface area contributed by atoms with Crippen LogP contribution in [-0.2, 0) is 0 Å². The number of carbonyl (C=O) groups is 1. The number of nitrogens with one attached hydrogen (secondary N) is 1. The Morgan fingerprint density at radius 1 is 1.22 bits per heavy atom. The topological polar surface area (TPSA) is 108 Å². The fourth-order valence-electron chi connectivity index (χ4n) is 4.26. The molecule has 0 radical (unpaired) electrons. The zero-order valence-corrected chi connectivity index (χ0v) is 18.8. The quantitative estimate of drug-likeness (QED) is 0.518. The second kappa shape index (κ2) is 9.25. The third-order valence-corrected chi connectivity index (χ3v) is 6.28. The first-order chi connectivity index (χ1) is 15.3. The van der Waals surface area contributed by atoms with E-state index in [0.717, 1.165) is 19.4 Å². The fourth-order valence-corrected chi connectivity index (χ4v) is 4.36. The minimum Gasteiger partial charge on any atom is -0.364 e. The van der Waals surface area contributed by atoms with Gasteiger partial charge in [-0.2, -0.15) is 0 Å². The van der Waals surface area contributed by atoms with E-state index in [2.05, 4.69) is 20.2 Å². The summed E-state index contributed by atoms with van der Waals surface area (Å²) in [5.74, 6) is 0.335. The van der Waals surface area contributed by atoms with E-state index in [1.165, 1.54) is 18.5 Å². The van der Waals surface area contributed by atoms with Crippen molar-refractivity contribution in [2.45, 2.75) is 24.9 Å². The van der Waals surface area contributed by atoms with Crippen LogP contribution in [0, 0.1) is 10.1 Å². The van der Waals surface area contributed by atoms with Crippen LogP contribution in [0.15, 0.2) is 30.6 Å². The summed E-state index contributed by atoms with van der Waals surface area (Å²) in [5.41, 5.74) is 0.998. The minimum atomic E-state index is -0.380. The van der Waals surface area contributed by atoms with Gasteiger partial charge in [0.15, 0.2) is 0 Å². The first kappa shape index (κ1) is 22.2. The van der Waals surface area contributed by atoms with Crippen molar-refractivity contribution >= 4 is 34.8 Å². The van der Waals surface area contributed by atoms with Gasteiger partial charge in [0.1, 0.15) is 5.69 Å². The first-order valence-corrected chi connectivity index (χ1v) is 10.9. The Bertz CT molecular complexity index is 1000. The van der Waals surface area contributed by atoms with Crippen LogP contribution >= 0.6 is 11.6 Å². The van der Waals surface area contributed by atoms with Gasteiger partial charge in [-0.25, -0.2) is 9.97 Å². The standard InChI is InChI=1S/C21H26ClN7O3/c1-26(2)17-6-8-27(13-17)19-9-14(3-4-18(19)29(31)32)20(30)28-7-5-16(12-28)25-21-23-10-15(22)11-24-21/h3-4,9-11,16-17H,5-8,12-13H2,1-2H3,(H,23,24,25)/t16-,17+/m1/s1. The number of likely N-dealkylation sites (tertiary alicyclic amines) is 1. The summed E-state index contributed by atoms with van der Waals surface area (Å²) in [6.45, 7) is 2.51. The molecule has 0 saturated carbocycles. The molecule has 170 valence electrons. The molecule has 32 heavy (non-hydrogen) atoms. The molecule has 0 unspecified atom stereocenters. The minimum absolute atomic E-state index is 0.0251. The third kappa shape index (κ3) is 4.76. The van der Waals surface area contributed by atoms with Gasteiger partial charge in [0.2, 0.25) is 5.95 Å².